The third kappa shape index (κ3) is 5.07. The SMILES string of the molecule is COCCNC(=O)c1cc2n(n1)CCN(C(=O)NCCc1ccccc1)C2. The summed E-state index contributed by atoms with van der Waals surface area (Å²) in [5.74, 6) is -0.229. The summed E-state index contributed by atoms with van der Waals surface area (Å²) in [4.78, 5) is 26.2. The number of nitrogens with one attached hydrogen (secondary N) is 2. The molecule has 8 nitrogen and oxygen atoms in total. The Balaban J connectivity index is 1.50. The summed E-state index contributed by atoms with van der Waals surface area (Å²) in [6.45, 7) is 3.06. The number of rotatable bonds is 7. The average molecular weight is 371 g/mol. The zero-order valence-corrected chi connectivity index (χ0v) is 15.5. The molecule has 27 heavy (non-hydrogen) atoms. The summed E-state index contributed by atoms with van der Waals surface area (Å²) < 4.78 is 6.71. The normalized spacial score (nSPS) is 13.1. The Bertz CT molecular complexity index is 775. The maximum Gasteiger partial charge on any atom is 0.317 e. The zero-order chi connectivity index (χ0) is 19.1. The molecule has 1 aromatic heterocycles. The van der Waals surface area contributed by atoms with Crippen molar-refractivity contribution >= 4 is 11.9 Å². The predicted octanol–water partition coefficient (Wildman–Crippen LogP) is 1.03. The molecule has 0 atom stereocenters. The smallest absolute Gasteiger partial charge is 0.317 e. The highest BCUT2D eigenvalue weighted by Crippen LogP contribution is 2.14. The van der Waals surface area contributed by atoms with Gasteiger partial charge in [-0.15, -0.1) is 0 Å². The minimum Gasteiger partial charge on any atom is -0.383 e. The van der Waals surface area contributed by atoms with Gasteiger partial charge in [0, 0.05) is 26.7 Å². The van der Waals surface area contributed by atoms with Gasteiger partial charge in [-0.3, -0.25) is 9.48 Å². The average Bonchev–Trinajstić information content (AvgIpc) is 3.12. The van der Waals surface area contributed by atoms with Crippen molar-refractivity contribution in [3.63, 3.8) is 0 Å². The van der Waals surface area contributed by atoms with Gasteiger partial charge in [-0.05, 0) is 18.1 Å². The second kappa shape index (κ2) is 9.18. The number of methoxy groups -OCH3 is 1. The molecule has 3 rings (SSSR count). The van der Waals surface area contributed by atoms with E-state index in [1.165, 1.54) is 5.56 Å². The van der Waals surface area contributed by atoms with Gasteiger partial charge in [-0.1, -0.05) is 30.3 Å². The quantitative estimate of drug-likeness (QED) is 0.712. The van der Waals surface area contributed by atoms with Gasteiger partial charge in [0.15, 0.2) is 5.69 Å². The molecular weight excluding hydrogens is 346 g/mol. The number of nitrogens with zero attached hydrogens (tertiary/aromatic N) is 3. The number of urea groups is 1. The van der Waals surface area contributed by atoms with Crippen LogP contribution in [0.1, 0.15) is 21.7 Å². The van der Waals surface area contributed by atoms with E-state index in [0.29, 0.717) is 45.0 Å². The van der Waals surface area contributed by atoms with E-state index in [0.717, 1.165) is 12.1 Å². The first-order valence-corrected chi connectivity index (χ1v) is 9.08. The highest BCUT2D eigenvalue weighted by atomic mass is 16.5. The largest absolute Gasteiger partial charge is 0.383 e. The fraction of sp³-hybridized carbons (Fsp3) is 0.421. The summed E-state index contributed by atoms with van der Waals surface area (Å²) in [5, 5.41) is 10.0. The van der Waals surface area contributed by atoms with Gasteiger partial charge in [0.25, 0.3) is 5.91 Å². The second-order valence-corrected chi connectivity index (χ2v) is 6.38. The fourth-order valence-electron chi connectivity index (χ4n) is 2.98. The van der Waals surface area contributed by atoms with Crippen molar-refractivity contribution < 1.29 is 14.3 Å². The molecule has 0 bridgehead atoms. The molecule has 2 heterocycles. The van der Waals surface area contributed by atoms with Crippen LogP contribution in [0.25, 0.3) is 0 Å². The van der Waals surface area contributed by atoms with Crippen molar-refractivity contribution in [1.29, 1.82) is 0 Å². The number of fused-ring (bicyclic) bond motifs is 1. The van der Waals surface area contributed by atoms with Crippen LogP contribution in [0, 0.1) is 0 Å². The Morgan fingerprint density at radius 1 is 1.15 bits per heavy atom. The molecule has 0 fully saturated rings. The molecule has 0 saturated heterocycles. The van der Waals surface area contributed by atoms with Crippen LogP contribution in [-0.4, -0.2) is 60.0 Å². The summed E-state index contributed by atoms with van der Waals surface area (Å²) >= 11 is 0. The van der Waals surface area contributed by atoms with E-state index in [1.807, 2.05) is 30.3 Å². The van der Waals surface area contributed by atoms with E-state index in [4.69, 9.17) is 4.74 Å². The number of carbonyl (C=O) groups excluding carboxylic acids is 2. The first-order valence-electron chi connectivity index (χ1n) is 9.08. The summed E-state index contributed by atoms with van der Waals surface area (Å²) in [6, 6.07) is 11.7. The highest BCUT2D eigenvalue weighted by molar-refractivity contribution is 5.92. The van der Waals surface area contributed by atoms with Gasteiger partial charge < -0.3 is 20.3 Å². The maximum absolute atomic E-state index is 12.4. The van der Waals surface area contributed by atoms with Crippen molar-refractivity contribution in [2.45, 2.75) is 19.5 Å². The molecule has 1 aliphatic heterocycles. The van der Waals surface area contributed by atoms with E-state index in [9.17, 15) is 9.59 Å². The number of aromatic nitrogens is 2. The van der Waals surface area contributed by atoms with Crippen LogP contribution in [0.3, 0.4) is 0 Å². The van der Waals surface area contributed by atoms with Crippen molar-refractivity contribution in [3.05, 3.63) is 53.3 Å². The standard InChI is InChI=1S/C19H25N5O3/c1-27-12-9-20-18(25)17-13-16-14-23(10-11-24(16)22-17)19(26)21-8-7-15-5-3-2-4-6-15/h2-6,13H,7-12,14H2,1H3,(H,20,25)(H,21,26). The molecule has 2 N–H and O–H groups in total. The fourth-order valence-corrected chi connectivity index (χ4v) is 2.98. The van der Waals surface area contributed by atoms with Gasteiger partial charge in [0.2, 0.25) is 0 Å². The van der Waals surface area contributed by atoms with Crippen molar-refractivity contribution in [3.8, 4) is 0 Å². The van der Waals surface area contributed by atoms with Crippen LogP contribution in [0.15, 0.2) is 36.4 Å². The Hall–Kier alpha value is -2.87. The summed E-state index contributed by atoms with van der Waals surface area (Å²) in [5.41, 5.74) is 2.42. The Morgan fingerprint density at radius 3 is 2.74 bits per heavy atom. The monoisotopic (exact) mass is 371 g/mol. The second-order valence-electron chi connectivity index (χ2n) is 6.38. The molecule has 8 heteroatoms. The molecule has 0 spiro atoms. The summed E-state index contributed by atoms with van der Waals surface area (Å²) in [6.07, 6.45) is 0.796. The predicted molar refractivity (Wildman–Crippen MR) is 100 cm³/mol. The molecule has 0 radical (unpaired) electrons. The topological polar surface area (TPSA) is 88.5 Å². The number of amides is 3. The molecule has 2 aromatic rings. The Kier molecular flexibility index (Phi) is 6.43. The Morgan fingerprint density at radius 2 is 1.96 bits per heavy atom. The number of benzene rings is 1. The van der Waals surface area contributed by atoms with Crippen molar-refractivity contribution in [2.75, 3.05) is 33.4 Å². The van der Waals surface area contributed by atoms with Gasteiger partial charge in [-0.2, -0.15) is 5.10 Å². The van der Waals surface area contributed by atoms with E-state index >= 15 is 0 Å². The van der Waals surface area contributed by atoms with Gasteiger partial charge in [0.05, 0.1) is 25.4 Å². The highest BCUT2D eigenvalue weighted by Gasteiger charge is 2.23. The molecular formula is C19H25N5O3. The molecule has 1 aliphatic rings. The summed E-state index contributed by atoms with van der Waals surface area (Å²) in [7, 11) is 1.58. The molecule has 144 valence electrons. The van der Waals surface area contributed by atoms with Crippen LogP contribution in [0.2, 0.25) is 0 Å². The number of ether oxygens (including phenoxy) is 1. The third-order valence-electron chi connectivity index (χ3n) is 4.44. The van der Waals surface area contributed by atoms with E-state index in [-0.39, 0.29) is 11.9 Å². The van der Waals surface area contributed by atoms with E-state index in [2.05, 4.69) is 15.7 Å². The lowest BCUT2D eigenvalue weighted by Gasteiger charge is -2.27. The van der Waals surface area contributed by atoms with Crippen molar-refractivity contribution in [1.82, 2.24) is 25.3 Å². The number of hydrogen-bond donors (Lipinski definition) is 2. The van der Waals surface area contributed by atoms with Gasteiger partial charge in [-0.25, -0.2) is 4.79 Å². The van der Waals surface area contributed by atoms with Gasteiger partial charge in [0.1, 0.15) is 0 Å². The van der Waals surface area contributed by atoms with E-state index < -0.39 is 0 Å². The van der Waals surface area contributed by atoms with Crippen molar-refractivity contribution in [2.24, 2.45) is 0 Å². The van der Waals surface area contributed by atoms with Crippen LogP contribution in [-0.2, 0) is 24.2 Å². The minimum absolute atomic E-state index is 0.0931. The lowest BCUT2D eigenvalue weighted by molar-refractivity contribution is 0.0931. The number of hydrogen-bond acceptors (Lipinski definition) is 4. The van der Waals surface area contributed by atoms with Crippen LogP contribution >= 0.6 is 0 Å². The van der Waals surface area contributed by atoms with Crippen LogP contribution in [0.4, 0.5) is 4.79 Å². The lowest BCUT2D eigenvalue weighted by atomic mass is 10.1. The molecule has 0 aliphatic carbocycles. The first-order chi connectivity index (χ1) is 13.2. The lowest BCUT2D eigenvalue weighted by Crippen LogP contribution is -2.44. The minimum atomic E-state index is -0.229. The van der Waals surface area contributed by atoms with E-state index in [1.54, 1.807) is 22.8 Å². The number of carbonyl (C=O) groups is 2. The molecule has 1 aromatic carbocycles. The molecule has 0 unspecified atom stereocenters. The van der Waals surface area contributed by atoms with Crippen LogP contribution in [0.5, 0.6) is 0 Å². The molecule has 0 saturated carbocycles. The zero-order valence-electron chi connectivity index (χ0n) is 15.5. The van der Waals surface area contributed by atoms with Gasteiger partial charge >= 0.3 is 6.03 Å². The van der Waals surface area contributed by atoms with Crippen LogP contribution < -0.4 is 10.6 Å². The maximum atomic E-state index is 12.4. The molecule has 3 amide bonds. The third-order valence-corrected chi connectivity index (χ3v) is 4.44. The Labute approximate surface area is 158 Å². The first kappa shape index (κ1) is 18.9.